The van der Waals surface area contributed by atoms with E-state index in [4.69, 9.17) is 9.47 Å². The summed E-state index contributed by atoms with van der Waals surface area (Å²) in [7, 11) is -4.47. The van der Waals surface area contributed by atoms with Crippen LogP contribution in [-0.4, -0.2) is 36.0 Å². The maximum Gasteiger partial charge on any atom is 0.335 e. The first kappa shape index (κ1) is 28.3. The molecule has 42 heavy (non-hydrogen) atoms. The summed E-state index contributed by atoms with van der Waals surface area (Å²) in [5.74, 6) is -5.01. The van der Waals surface area contributed by atoms with Gasteiger partial charge in [0.2, 0.25) is 0 Å². The highest BCUT2D eigenvalue weighted by atomic mass is 127. The minimum Gasteiger partial charge on any atom is -0.478 e. The van der Waals surface area contributed by atoms with Gasteiger partial charge in [0.1, 0.15) is 16.4 Å². The van der Waals surface area contributed by atoms with Gasteiger partial charge in [-0.1, -0.05) is 48.6 Å². The Hall–Kier alpha value is -3.81. The van der Waals surface area contributed by atoms with Crippen LogP contribution in [-0.2, 0) is 19.7 Å². The van der Waals surface area contributed by atoms with Gasteiger partial charge in [0, 0.05) is 15.4 Å². The second-order valence-electron chi connectivity index (χ2n) is 10.4. The number of hydrogen-bond acceptors (Lipinski definition) is 7. The number of carboxylic acids is 1. The van der Waals surface area contributed by atoms with Crippen LogP contribution in [0.3, 0.4) is 0 Å². The molecule has 3 aromatic carbocycles. The second-order valence-corrected chi connectivity index (χ2v) is 12.9. The number of benzene rings is 3. The highest BCUT2D eigenvalue weighted by Gasteiger charge is 2.61. The Labute approximate surface area is 254 Å². The summed E-state index contributed by atoms with van der Waals surface area (Å²) >= 11 is 1.73. The molecule has 214 valence electrons. The van der Waals surface area contributed by atoms with Crippen molar-refractivity contribution in [1.29, 1.82) is 0 Å². The summed E-state index contributed by atoms with van der Waals surface area (Å²) in [6, 6.07) is 17.0. The van der Waals surface area contributed by atoms with Crippen LogP contribution in [0.1, 0.15) is 33.3 Å². The monoisotopic (exact) mass is 698 g/mol. The SMILES string of the molecule is O=C(O)c1ccc(OC(=O)C2C(C(=O)Oc3ccc(S(=O)(=O)O)c(I)c3)C3c4ccccc4C2C2C=CC=CC23)cc1. The Morgan fingerprint density at radius 2 is 1.24 bits per heavy atom. The van der Waals surface area contributed by atoms with Gasteiger partial charge in [-0.05, 0) is 88.0 Å². The van der Waals surface area contributed by atoms with Crippen LogP contribution >= 0.6 is 22.6 Å². The first-order valence-electron chi connectivity index (χ1n) is 13.0. The first-order valence-corrected chi connectivity index (χ1v) is 15.5. The molecule has 0 heterocycles. The largest absolute Gasteiger partial charge is 0.478 e. The van der Waals surface area contributed by atoms with Crippen LogP contribution in [0.25, 0.3) is 0 Å². The average molecular weight is 698 g/mol. The number of rotatable bonds is 6. The van der Waals surface area contributed by atoms with Crippen molar-refractivity contribution >= 4 is 50.6 Å². The fourth-order valence-corrected chi connectivity index (χ4v) is 8.45. The van der Waals surface area contributed by atoms with Gasteiger partial charge in [0.25, 0.3) is 10.1 Å². The smallest absolute Gasteiger partial charge is 0.335 e. The molecule has 0 aromatic heterocycles. The number of fused-ring (bicyclic) bond motifs is 1. The number of carbonyl (C=O) groups excluding carboxylic acids is 2. The molecule has 6 atom stereocenters. The normalized spacial score (nSPS) is 25.3. The van der Waals surface area contributed by atoms with E-state index in [0.29, 0.717) is 0 Å². The first-order chi connectivity index (χ1) is 20.0. The molecule has 4 aliphatic rings. The second kappa shape index (κ2) is 10.8. The molecule has 6 unspecified atom stereocenters. The van der Waals surface area contributed by atoms with Gasteiger partial charge in [-0.3, -0.25) is 14.1 Å². The van der Waals surface area contributed by atoms with Crippen molar-refractivity contribution in [2.45, 2.75) is 16.7 Å². The lowest BCUT2D eigenvalue weighted by atomic mass is 9.48. The molecule has 0 aliphatic heterocycles. The van der Waals surface area contributed by atoms with E-state index in [0.717, 1.165) is 17.2 Å². The van der Waals surface area contributed by atoms with Crippen molar-refractivity contribution in [3.05, 3.63) is 111 Å². The van der Waals surface area contributed by atoms with Crippen molar-refractivity contribution in [2.24, 2.45) is 23.7 Å². The van der Waals surface area contributed by atoms with E-state index >= 15 is 0 Å². The van der Waals surface area contributed by atoms with Gasteiger partial charge in [0.15, 0.2) is 0 Å². The Morgan fingerprint density at radius 3 is 1.71 bits per heavy atom. The van der Waals surface area contributed by atoms with Crippen LogP contribution in [0, 0.1) is 27.2 Å². The molecule has 4 aliphatic carbocycles. The number of halogens is 1. The average Bonchev–Trinajstić information content (AvgIpc) is 2.96. The fraction of sp³-hybridized carbons (Fsp3) is 0.194. The van der Waals surface area contributed by atoms with Gasteiger partial charge >= 0.3 is 17.9 Å². The zero-order chi connectivity index (χ0) is 29.8. The lowest BCUT2D eigenvalue weighted by Gasteiger charge is -2.54. The van der Waals surface area contributed by atoms with E-state index in [1.165, 1.54) is 36.4 Å². The number of esters is 2. The molecule has 2 bridgehead atoms. The third kappa shape index (κ3) is 4.95. The highest BCUT2D eigenvalue weighted by molar-refractivity contribution is 14.1. The van der Waals surface area contributed by atoms with Crippen LogP contribution in [0.15, 0.2) is 95.9 Å². The lowest BCUT2D eigenvalue weighted by molar-refractivity contribution is -0.157. The summed E-state index contributed by atoms with van der Waals surface area (Å²) in [4.78, 5) is 38.9. The molecule has 3 aromatic rings. The van der Waals surface area contributed by atoms with Crippen molar-refractivity contribution in [3.8, 4) is 11.5 Å². The molecular formula is C31H23IO9S. The van der Waals surface area contributed by atoms with E-state index in [9.17, 15) is 32.5 Å². The summed E-state index contributed by atoms with van der Waals surface area (Å²) in [5, 5.41) is 9.21. The molecule has 7 rings (SSSR count). The van der Waals surface area contributed by atoms with Crippen LogP contribution in [0.4, 0.5) is 0 Å². The zero-order valence-corrected chi connectivity index (χ0v) is 24.6. The van der Waals surface area contributed by atoms with Gasteiger partial charge in [-0.15, -0.1) is 0 Å². The molecule has 1 fully saturated rings. The summed E-state index contributed by atoms with van der Waals surface area (Å²) in [6.45, 7) is 0. The molecule has 0 amide bonds. The number of aromatic carboxylic acids is 1. The number of carbonyl (C=O) groups is 3. The number of carboxylic acid groups (broad SMARTS) is 1. The predicted molar refractivity (Wildman–Crippen MR) is 158 cm³/mol. The van der Waals surface area contributed by atoms with Gasteiger partial charge < -0.3 is 14.6 Å². The molecule has 9 nitrogen and oxygen atoms in total. The maximum absolute atomic E-state index is 14.0. The van der Waals surface area contributed by atoms with E-state index in [2.05, 4.69) is 12.2 Å². The standard InChI is InChI=1S/C31H23IO9S/c32-23-15-18(13-14-24(23)42(37,38)39)41-31(36)28-26-21-7-3-1-5-19(21)25(20-6-2-4-8-22(20)26)27(28)30(35)40-17-11-9-16(10-12-17)29(33)34/h1-15,19,21,25-28H,(H,33,34)(H,37,38,39). The predicted octanol–water partition coefficient (Wildman–Crippen LogP) is 5.23. The van der Waals surface area contributed by atoms with Crippen LogP contribution in [0.2, 0.25) is 0 Å². The quantitative estimate of drug-likeness (QED) is 0.153. The Kier molecular flexibility index (Phi) is 7.27. The van der Waals surface area contributed by atoms with Crippen LogP contribution < -0.4 is 9.47 Å². The Balaban J connectivity index is 1.40. The van der Waals surface area contributed by atoms with E-state index < -0.39 is 51.7 Å². The zero-order valence-electron chi connectivity index (χ0n) is 21.7. The molecule has 11 heteroatoms. The van der Waals surface area contributed by atoms with E-state index in [1.807, 2.05) is 36.4 Å². The Bertz CT molecular complexity index is 1780. The number of allylic oxidation sites excluding steroid dienone is 4. The van der Waals surface area contributed by atoms with Gasteiger partial charge in [-0.25, -0.2) is 4.79 Å². The van der Waals surface area contributed by atoms with Crippen molar-refractivity contribution in [2.75, 3.05) is 0 Å². The minimum absolute atomic E-state index is 0.0403. The minimum atomic E-state index is -4.47. The van der Waals surface area contributed by atoms with Crippen molar-refractivity contribution in [3.63, 3.8) is 0 Å². The number of hydrogen-bond donors (Lipinski definition) is 2. The van der Waals surface area contributed by atoms with E-state index in [1.54, 1.807) is 22.6 Å². The molecule has 0 saturated heterocycles. The third-order valence-corrected chi connectivity index (χ3v) is 10.4. The summed E-state index contributed by atoms with van der Waals surface area (Å²) < 4.78 is 44.4. The molecular weight excluding hydrogens is 675 g/mol. The van der Waals surface area contributed by atoms with E-state index in [-0.39, 0.29) is 37.4 Å². The van der Waals surface area contributed by atoms with Gasteiger partial charge in [-0.2, -0.15) is 8.42 Å². The van der Waals surface area contributed by atoms with Crippen molar-refractivity contribution in [1.82, 2.24) is 0 Å². The maximum atomic E-state index is 14.0. The summed E-state index contributed by atoms with van der Waals surface area (Å²) in [6.07, 6.45) is 7.97. The highest BCUT2D eigenvalue weighted by Crippen LogP contribution is 2.62. The van der Waals surface area contributed by atoms with Gasteiger partial charge in [0.05, 0.1) is 17.4 Å². The fourth-order valence-electron chi connectivity index (χ4n) is 6.58. The molecule has 1 saturated carbocycles. The molecule has 0 radical (unpaired) electrons. The summed E-state index contributed by atoms with van der Waals surface area (Å²) in [5.41, 5.74) is 1.96. The Morgan fingerprint density at radius 1 is 0.738 bits per heavy atom. The number of ether oxygens (including phenoxy) is 2. The van der Waals surface area contributed by atoms with Crippen LogP contribution in [0.5, 0.6) is 11.5 Å². The third-order valence-electron chi connectivity index (χ3n) is 8.19. The molecule has 2 N–H and O–H groups in total. The molecule has 0 spiro atoms. The lowest BCUT2D eigenvalue weighted by Crippen LogP contribution is -2.54. The topological polar surface area (TPSA) is 144 Å². The van der Waals surface area contributed by atoms with Crippen molar-refractivity contribution < 1.29 is 41.9 Å².